The summed E-state index contributed by atoms with van der Waals surface area (Å²) in [7, 11) is 0. The number of ether oxygens (including phenoxy) is 2. The molecule has 0 unspecified atom stereocenters. The van der Waals surface area contributed by atoms with Crippen LogP contribution in [0.5, 0.6) is 5.75 Å². The number of pyridine rings is 1. The maximum absolute atomic E-state index is 11.9. The van der Waals surface area contributed by atoms with Crippen molar-refractivity contribution in [2.24, 2.45) is 5.92 Å². The number of anilines is 1. The van der Waals surface area contributed by atoms with Gasteiger partial charge in [-0.2, -0.15) is 0 Å². The van der Waals surface area contributed by atoms with Crippen molar-refractivity contribution in [2.45, 2.75) is 45.8 Å². The monoisotopic (exact) mass is 513 g/mol. The SMILES string of the molecule is CC(C)(C)OC(=O)NCC1CCN(c2ccc3[nH]c(-c4ccc(OCc5ccccc5)cc4)nc3n2)CC1. The smallest absolute Gasteiger partial charge is 0.407 e. The zero-order chi connectivity index (χ0) is 26.5. The fourth-order valence-corrected chi connectivity index (χ4v) is 4.55. The standard InChI is InChI=1S/C30H35N5O3/c1-30(2,3)38-29(36)31-19-21-15-17-35(18-16-21)26-14-13-25-28(33-26)34-27(32-25)23-9-11-24(12-10-23)37-20-22-7-5-4-6-8-22/h4-14,21H,15-20H2,1-3H3,(H,31,36)(H,32,33,34). The number of aromatic amines is 1. The van der Waals surface area contributed by atoms with Gasteiger partial charge in [0.15, 0.2) is 5.65 Å². The quantitative estimate of drug-likeness (QED) is 0.318. The van der Waals surface area contributed by atoms with Crippen LogP contribution in [0.15, 0.2) is 66.7 Å². The third-order valence-corrected chi connectivity index (χ3v) is 6.58. The van der Waals surface area contributed by atoms with E-state index in [9.17, 15) is 4.79 Å². The van der Waals surface area contributed by atoms with Crippen LogP contribution in [0.25, 0.3) is 22.6 Å². The zero-order valence-electron chi connectivity index (χ0n) is 22.2. The summed E-state index contributed by atoms with van der Waals surface area (Å²) in [6, 6.07) is 22.2. The second-order valence-corrected chi connectivity index (χ2v) is 10.7. The number of benzene rings is 2. The van der Waals surface area contributed by atoms with Crippen molar-refractivity contribution < 1.29 is 14.3 Å². The minimum atomic E-state index is -0.482. The van der Waals surface area contributed by atoms with Gasteiger partial charge in [0, 0.05) is 25.2 Å². The molecule has 2 aromatic carbocycles. The molecule has 8 heteroatoms. The van der Waals surface area contributed by atoms with Crippen LogP contribution in [0.1, 0.15) is 39.2 Å². The van der Waals surface area contributed by atoms with Crippen molar-refractivity contribution in [2.75, 3.05) is 24.5 Å². The van der Waals surface area contributed by atoms with E-state index in [1.54, 1.807) is 0 Å². The van der Waals surface area contributed by atoms with Crippen LogP contribution >= 0.6 is 0 Å². The molecule has 1 aliphatic rings. The van der Waals surface area contributed by atoms with E-state index >= 15 is 0 Å². The number of hydrogen-bond acceptors (Lipinski definition) is 6. The van der Waals surface area contributed by atoms with Crippen LogP contribution < -0.4 is 15.0 Å². The minimum Gasteiger partial charge on any atom is -0.489 e. The molecule has 1 aliphatic heterocycles. The van der Waals surface area contributed by atoms with E-state index in [0.29, 0.717) is 24.7 Å². The molecule has 1 saturated heterocycles. The van der Waals surface area contributed by atoms with Crippen molar-refractivity contribution in [3.63, 3.8) is 0 Å². The number of fused-ring (bicyclic) bond motifs is 1. The Morgan fingerprint density at radius 2 is 1.74 bits per heavy atom. The van der Waals surface area contributed by atoms with E-state index in [4.69, 9.17) is 19.4 Å². The van der Waals surface area contributed by atoms with Crippen LogP contribution in [-0.4, -0.2) is 46.3 Å². The molecule has 0 saturated carbocycles. The molecule has 1 fully saturated rings. The third kappa shape index (κ3) is 6.62. The number of H-pyrrole nitrogens is 1. The average molecular weight is 514 g/mol. The van der Waals surface area contributed by atoms with Crippen molar-refractivity contribution in [1.82, 2.24) is 20.3 Å². The minimum absolute atomic E-state index is 0.351. The molecule has 0 spiro atoms. The second-order valence-electron chi connectivity index (χ2n) is 10.7. The van der Waals surface area contributed by atoms with Gasteiger partial charge in [-0.25, -0.2) is 14.8 Å². The lowest BCUT2D eigenvalue weighted by Crippen LogP contribution is -2.40. The van der Waals surface area contributed by atoms with Gasteiger partial charge in [0.25, 0.3) is 0 Å². The Labute approximate surface area is 223 Å². The van der Waals surface area contributed by atoms with Gasteiger partial charge in [0.05, 0.1) is 5.52 Å². The number of nitrogens with one attached hydrogen (secondary N) is 2. The summed E-state index contributed by atoms with van der Waals surface area (Å²) in [6.07, 6.45) is 1.62. The molecule has 5 rings (SSSR count). The average Bonchev–Trinajstić information content (AvgIpc) is 3.35. The molecule has 0 atom stereocenters. The number of aromatic nitrogens is 3. The molecular weight excluding hydrogens is 478 g/mol. The molecule has 198 valence electrons. The molecule has 1 amide bonds. The van der Waals surface area contributed by atoms with Crippen LogP contribution in [0, 0.1) is 5.92 Å². The van der Waals surface area contributed by atoms with Gasteiger partial charge in [0.2, 0.25) is 0 Å². The summed E-state index contributed by atoms with van der Waals surface area (Å²) in [5.41, 5.74) is 3.25. The summed E-state index contributed by atoms with van der Waals surface area (Å²) >= 11 is 0. The zero-order valence-corrected chi connectivity index (χ0v) is 22.2. The molecule has 0 aliphatic carbocycles. The number of carbonyl (C=O) groups is 1. The van der Waals surface area contributed by atoms with Crippen LogP contribution in [0.4, 0.5) is 10.6 Å². The van der Waals surface area contributed by atoms with Crippen LogP contribution in [0.2, 0.25) is 0 Å². The summed E-state index contributed by atoms with van der Waals surface area (Å²) in [6.45, 7) is 8.56. The van der Waals surface area contributed by atoms with Gasteiger partial charge in [-0.05, 0) is 81.5 Å². The third-order valence-electron chi connectivity index (χ3n) is 6.58. The van der Waals surface area contributed by atoms with Crippen molar-refractivity contribution in [3.05, 3.63) is 72.3 Å². The number of carbonyl (C=O) groups excluding carboxylic acids is 1. The Kier molecular flexibility index (Phi) is 7.49. The number of alkyl carbamates (subject to hydrolysis) is 1. The molecule has 3 heterocycles. The first-order valence-electron chi connectivity index (χ1n) is 13.2. The molecule has 8 nitrogen and oxygen atoms in total. The number of imidazole rings is 1. The van der Waals surface area contributed by atoms with E-state index in [-0.39, 0.29) is 6.09 Å². The van der Waals surface area contributed by atoms with Gasteiger partial charge in [-0.1, -0.05) is 30.3 Å². The van der Waals surface area contributed by atoms with Gasteiger partial charge in [-0.15, -0.1) is 0 Å². The summed E-state index contributed by atoms with van der Waals surface area (Å²) in [5.74, 6) is 2.96. The van der Waals surface area contributed by atoms with Gasteiger partial charge in [0.1, 0.15) is 29.6 Å². The van der Waals surface area contributed by atoms with E-state index in [1.165, 1.54) is 0 Å². The highest BCUT2D eigenvalue weighted by Gasteiger charge is 2.23. The first kappa shape index (κ1) is 25.6. The fraction of sp³-hybridized carbons (Fsp3) is 0.367. The fourth-order valence-electron chi connectivity index (χ4n) is 4.55. The lowest BCUT2D eigenvalue weighted by Gasteiger charge is -2.33. The highest BCUT2D eigenvalue weighted by atomic mass is 16.6. The van der Waals surface area contributed by atoms with Crippen molar-refractivity contribution >= 4 is 23.1 Å². The molecule has 38 heavy (non-hydrogen) atoms. The second kappa shape index (κ2) is 11.1. The van der Waals surface area contributed by atoms with Crippen molar-refractivity contribution in [1.29, 1.82) is 0 Å². The summed E-state index contributed by atoms with van der Waals surface area (Å²) < 4.78 is 11.2. The highest BCUT2D eigenvalue weighted by molar-refractivity contribution is 5.77. The number of hydrogen-bond donors (Lipinski definition) is 2. The Morgan fingerprint density at radius 3 is 2.45 bits per heavy atom. The number of nitrogens with zero attached hydrogens (tertiary/aromatic N) is 3. The van der Waals surface area contributed by atoms with Gasteiger partial charge >= 0.3 is 6.09 Å². The first-order valence-corrected chi connectivity index (χ1v) is 13.2. The number of piperidine rings is 1. The Bertz CT molecular complexity index is 1350. The normalized spacial score (nSPS) is 14.4. The Morgan fingerprint density at radius 1 is 1.00 bits per heavy atom. The van der Waals surface area contributed by atoms with Crippen LogP contribution in [-0.2, 0) is 11.3 Å². The summed E-state index contributed by atoms with van der Waals surface area (Å²) in [4.78, 5) is 27.2. The first-order chi connectivity index (χ1) is 18.3. The molecule has 2 N–H and O–H groups in total. The molecule has 4 aromatic rings. The van der Waals surface area contributed by atoms with E-state index in [2.05, 4.69) is 27.3 Å². The van der Waals surface area contributed by atoms with Crippen molar-refractivity contribution in [3.8, 4) is 17.1 Å². The number of amides is 1. The van der Waals surface area contributed by atoms with Gasteiger partial charge in [-0.3, -0.25) is 0 Å². The Balaban J connectivity index is 1.16. The predicted molar refractivity (Wildman–Crippen MR) is 149 cm³/mol. The largest absolute Gasteiger partial charge is 0.489 e. The van der Waals surface area contributed by atoms with E-state index in [1.807, 2.05) is 75.4 Å². The van der Waals surface area contributed by atoms with Crippen LogP contribution in [0.3, 0.4) is 0 Å². The molecular formula is C30H35N5O3. The summed E-state index contributed by atoms with van der Waals surface area (Å²) in [5, 5.41) is 2.91. The van der Waals surface area contributed by atoms with E-state index in [0.717, 1.165) is 60.0 Å². The predicted octanol–water partition coefficient (Wildman–Crippen LogP) is 5.95. The molecule has 0 radical (unpaired) electrons. The molecule has 0 bridgehead atoms. The highest BCUT2D eigenvalue weighted by Crippen LogP contribution is 2.26. The lowest BCUT2D eigenvalue weighted by molar-refractivity contribution is 0.0516. The topological polar surface area (TPSA) is 92.4 Å². The van der Waals surface area contributed by atoms with E-state index < -0.39 is 5.60 Å². The maximum atomic E-state index is 11.9. The maximum Gasteiger partial charge on any atom is 0.407 e. The molecule has 2 aromatic heterocycles. The lowest BCUT2D eigenvalue weighted by atomic mass is 9.97. The van der Waals surface area contributed by atoms with Gasteiger partial charge < -0.3 is 24.7 Å². The Hall–Kier alpha value is -4.07. The number of rotatable bonds is 7.